The van der Waals surface area contributed by atoms with Crippen LogP contribution in [-0.4, -0.2) is 29.9 Å². The second-order valence-corrected chi connectivity index (χ2v) is 5.11. The Morgan fingerprint density at radius 3 is 2.22 bits per heavy atom. The molecule has 0 saturated carbocycles. The lowest BCUT2D eigenvalue weighted by Crippen LogP contribution is -3.00. The molecule has 7 heteroatoms. The Labute approximate surface area is 145 Å². The summed E-state index contributed by atoms with van der Waals surface area (Å²) in [5.74, 6) is -0.302. The number of hydrogen-bond donors (Lipinski definition) is 2. The molecule has 0 aliphatic heterocycles. The Bertz CT molecular complexity index is 658. The van der Waals surface area contributed by atoms with E-state index in [1.807, 2.05) is 0 Å². The zero-order chi connectivity index (χ0) is 15.9. The topological polar surface area (TPSA) is 70.3 Å². The van der Waals surface area contributed by atoms with Gasteiger partial charge in [0, 0.05) is 29.3 Å². The number of Topliss-reactive ketones (excluding diaryl/α,β-unsaturated/α-hetero) is 1. The zero-order valence-electron chi connectivity index (χ0n) is 12.2. The van der Waals surface area contributed by atoms with E-state index in [0.29, 0.717) is 16.1 Å². The number of carbonyl (C=O) groups is 2. The second kappa shape index (κ2) is 9.25. The van der Waals surface area contributed by atoms with Gasteiger partial charge in [0.2, 0.25) is 12.3 Å². The first kappa shape index (κ1) is 19.1. The predicted molar refractivity (Wildman–Crippen MR) is 81.8 cm³/mol. The molecule has 0 unspecified atom stereocenters. The fourth-order valence-corrected chi connectivity index (χ4v) is 2.00. The number of aliphatic hydroxyl groups excluding tert-OH is 1. The van der Waals surface area contributed by atoms with Crippen LogP contribution < -0.4 is 22.3 Å². The number of aromatic nitrogens is 1. The van der Waals surface area contributed by atoms with Crippen molar-refractivity contribution in [2.24, 2.45) is 0 Å². The van der Waals surface area contributed by atoms with E-state index in [4.69, 9.17) is 16.7 Å². The van der Waals surface area contributed by atoms with Gasteiger partial charge in [0.05, 0.1) is 12.2 Å². The van der Waals surface area contributed by atoms with E-state index in [1.165, 1.54) is 0 Å². The zero-order valence-corrected chi connectivity index (χ0v) is 13.7. The number of hydrogen-bond acceptors (Lipinski definition) is 3. The largest absolute Gasteiger partial charge is 1.00 e. The maximum Gasteiger partial charge on any atom is 0.251 e. The van der Waals surface area contributed by atoms with Crippen LogP contribution in [0.4, 0.5) is 0 Å². The number of rotatable bonds is 6. The quantitative estimate of drug-likeness (QED) is 0.476. The summed E-state index contributed by atoms with van der Waals surface area (Å²) in [6.07, 6.45) is 3.34. The van der Waals surface area contributed by atoms with Crippen molar-refractivity contribution >= 4 is 23.3 Å². The van der Waals surface area contributed by atoms with Crippen LogP contribution in [0.15, 0.2) is 48.8 Å². The number of aliphatic hydroxyl groups is 1. The predicted octanol–water partition coefficient (Wildman–Crippen LogP) is -1.76. The molecule has 1 aromatic carbocycles. The van der Waals surface area contributed by atoms with Crippen molar-refractivity contribution in [1.82, 2.24) is 5.32 Å². The molecule has 0 atom stereocenters. The minimum absolute atomic E-state index is 0. The lowest BCUT2D eigenvalue weighted by atomic mass is 10.1. The Morgan fingerprint density at radius 1 is 1.04 bits per heavy atom. The highest BCUT2D eigenvalue weighted by atomic mass is 35.5. The first-order chi connectivity index (χ1) is 10.6. The van der Waals surface area contributed by atoms with Gasteiger partial charge < -0.3 is 22.8 Å². The van der Waals surface area contributed by atoms with Crippen LogP contribution in [0.5, 0.6) is 0 Å². The van der Waals surface area contributed by atoms with Crippen LogP contribution in [0.1, 0.15) is 20.7 Å². The molecular formula is C16H16Cl2N2O3. The molecule has 5 nitrogen and oxygen atoms in total. The molecule has 0 fully saturated rings. The molecule has 23 heavy (non-hydrogen) atoms. The van der Waals surface area contributed by atoms with E-state index in [2.05, 4.69) is 5.32 Å². The van der Waals surface area contributed by atoms with Crippen molar-refractivity contribution in [3.8, 4) is 0 Å². The molecule has 2 rings (SSSR count). The number of pyridine rings is 1. The summed E-state index contributed by atoms with van der Waals surface area (Å²) in [6, 6.07) is 9.97. The Hall–Kier alpha value is -1.95. The Kier molecular flexibility index (Phi) is 7.68. The summed E-state index contributed by atoms with van der Waals surface area (Å²) in [5, 5.41) is 11.8. The fourth-order valence-electron chi connectivity index (χ4n) is 1.88. The average molecular weight is 355 g/mol. The standard InChI is InChI=1S/C16H15ClN2O3.ClH/c17-14-3-1-12(2-4-14)15(21)11-19-8-5-13(6-9-19)16(22)18-7-10-20;/h1-6,8-9,20H,7,10-11H2;1H. The fraction of sp³-hybridized carbons (Fsp3) is 0.188. The van der Waals surface area contributed by atoms with Crippen molar-refractivity contribution in [1.29, 1.82) is 0 Å². The van der Waals surface area contributed by atoms with Gasteiger partial charge in [0.15, 0.2) is 12.4 Å². The van der Waals surface area contributed by atoms with Crippen LogP contribution in [0.3, 0.4) is 0 Å². The number of nitrogens with zero attached hydrogens (tertiary/aromatic N) is 1. The number of halogens is 2. The van der Waals surface area contributed by atoms with Crippen LogP contribution >= 0.6 is 11.6 Å². The van der Waals surface area contributed by atoms with Crippen LogP contribution in [0.25, 0.3) is 0 Å². The third-order valence-electron chi connectivity index (χ3n) is 3.04. The summed E-state index contributed by atoms with van der Waals surface area (Å²) < 4.78 is 1.69. The minimum Gasteiger partial charge on any atom is -1.00 e. The molecule has 1 aromatic heterocycles. The van der Waals surface area contributed by atoms with E-state index in [-0.39, 0.29) is 43.8 Å². The molecule has 0 aliphatic rings. The number of nitrogens with one attached hydrogen (secondary N) is 1. The lowest BCUT2D eigenvalue weighted by molar-refractivity contribution is -0.683. The number of carbonyl (C=O) groups excluding carboxylic acids is 2. The van der Waals surface area contributed by atoms with Gasteiger partial charge >= 0.3 is 0 Å². The monoisotopic (exact) mass is 354 g/mol. The molecule has 1 heterocycles. The average Bonchev–Trinajstić information content (AvgIpc) is 2.54. The highest BCUT2D eigenvalue weighted by molar-refractivity contribution is 6.30. The van der Waals surface area contributed by atoms with E-state index in [1.54, 1.807) is 53.4 Å². The molecule has 0 spiro atoms. The van der Waals surface area contributed by atoms with E-state index >= 15 is 0 Å². The first-order valence-corrected chi connectivity index (χ1v) is 7.15. The van der Waals surface area contributed by atoms with Gasteiger partial charge in [-0.05, 0) is 24.3 Å². The number of amides is 1. The minimum atomic E-state index is -0.259. The maximum atomic E-state index is 12.1. The molecular weight excluding hydrogens is 339 g/mol. The molecule has 2 N–H and O–H groups in total. The molecule has 0 aliphatic carbocycles. The molecule has 0 radical (unpaired) electrons. The molecule has 122 valence electrons. The molecule has 0 bridgehead atoms. The Balaban J connectivity index is 0.00000264. The van der Waals surface area contributed by atoms with Gasteiger partial charge in [-0.2, -0.15) is 4.57 Å². The highest BCUT2D eigenvalue weighted by Crippen LogP contribution is 2.10. The van der Waals surface area contributed by atoms with Gasteiger partial charge in [-0.15, -0.1) is 0 Å². The summed E-state index contributed by atoms with van der Waals surface area (Å²) >= 11 is 5.79. The third kappa shape index (κ3) is 5.63. The summed E-state index contributed by atoms with van der Waals surface area (Å²) in [6.45, 7) is 0.289. The van der Waals surface area contributed by atoms with Crippen molar-refractivity contribution < 1.29 is 31.7 Å². The number of benzene rings is 1. The smallest absolute Gasteiger partial charge is 0.251 e. The maximum absolute atomic E-state index is 12.1. The highest BCUT2D eigenvalue weighted by Gasteiger charge is 2.13. The van der Waals surface area contributed by atoms with Crippen LogP contribution in [0.2, 0.25) is 5.02 Å². The van der Waals surface area contributed by atoms with Gasteiger partial charge in [-0.3, -0.25) is 9.59 Å². The summed E-state index contributed by atoms with van der Waals surface area (Å²) in [7, 11) is 0. The van der Waals surface area contributed by atoms with Gasteiger partial charge in [0.25, 0.3) is 5.91 Å². The van der Waals surface area contributed by atoms with Crippen LogP contribution in [0, 0.1) is 0 Å². The molecule has 1 amide bonds. The van der Waals surface area contributed by atoms with Crippen molar-refractivity contribution in [3.63, 3.8) is 0 Å². The Morgan fingerprint density at radius 2 is 1.65 bits per heavy atom. The van der Waals surface area contributed by atoms with Crippen molar-refractivity contribution in [3.05, 3.63) is 64.9 Å². The molecule has 0 saturated heterocycles. The van der Waals surface area contributed by atoms with Gasteiger partial charge in [0.1, 0.15) is 0 Å². The normalized spacial score (nSPS) is 9.83. The third-order valence-corrected chi connectivity index (χ3v) is 3.30. The van der Waals surface area contributed by atoms with Crippen molar-refractivity contribution in [2.75, 3.05) is 13.2 Å². The first-order valence-electron chi connectivity index (χ1n) is 6.77. The summed E-state index contributed by atoms with van der Waals surface area (Å²) in [4.78, 5) is 23.8. The van der Waals surface area contributed by atoms with E-state index < -0.39 is 0 Å². The second-order valence-electron chi connectivity index (χ2n) is 4.67. The SMILES string of the molecule is O=C(C[n+]1ccc(C(=O)NCCO)cc1)c1ccc(Cl)cc1.[Cl-]. The van der Waals surface area contributed by atoms with Gasteiger partial charge in [-0.25, -0.2) is 0 Å². The van der Waals surface area contributed by atoms with Gasteiger partial charge in [-0.1, -0.05) is 11.6 Å². The van der Waals surface area contributed by atoms with E-state index in [9.17, 15) is 9.59 Å². The number of ketones is 1. The summed E-state index contributed by atoms with van der Waals surface area (Å²) in [5.41, 5.74) is 1.06. The van der Waals surface area contributed by atoms with E-state index in [0.717, 1.165) is 0 Å². The molecule has 2 aromatic rings. The lowest BCUT2D eigenvalue weighted by Gasteiger charge is -2.02. The van der Waals surface area contributed by atoms with Crippen LogP contribution in [-0.2, 0) is 6.54 Å². The van der Waals surface area contributed by atoms with Crippen molar-refractivity contribution in [2.45, 2.75) is 6.54 Å².